The molecule has 0 saturated carbocycles. The molecule has 2 amide bonds. The van der Waals surface area contributed by atoms with Crippen LogP contribution >= 0.6 is 0 Å². The number of nitrogens with one attached hydrogen (secondary N) is 1. The summed E-state index contributed by atoms with van der Waals surface area (Å²) in [4.78, 5) is 27.2. The molecule has 0 aliphatic carbocycles. The predicted octanol–water partition coefficient (Wildman–Crippen LogP) is 3.49. The Labute approximate surface area is 183 Å². The second-order valence-corrected chi connectivity index (χ2v) is 10.4. The third kappa shape index (κ3) is 4.44. The average Bonchev–Trinajstić information content (AvgIpc) is 2.96. The van der Waals surface area contributed by atoms with E-state index in [2.05, 4.69) is 17.1 Å². The van der Waals surface area contributed by atoms with Gasteiger partial charge < -0.3 is 10.2 Å². The number of sulfonamides is 1. The summed E-state index contributed by atoms with van der Waals surface area (Å²) in [5, 5.41) is 2.86. The molecule has 164 valence electrons. The summed E-state index contributed by atoms with van der Waals surface area (Å²) < 4.78 is 25.3. The molecule has 1 atom stereocenters. The number of carbonyl (C=O) groups excluding carboxylic acids is 2. The first-order chi connectivity index (χ1) is 14.7. The van der Waals surface area contributed by atoms with Crippen molar-refractivity contribution in [3.63, 3.8) is 0 Å². The van der Waals surface area contributed by atoms with Crippen molar-refractivity contribution in [1.29, 1.82) is 0 Å². The van der Waals surface area contributed by atoms with Crippen LogP contribution in [0.2, 0.25) is 0 Å². The number of anilines is 3. The molecule has 2 saturated heterocycles. The van der Waals surface area contributed by atoms with Crippen LogP contribution in [0, 0.1) is 11.8 Å². The molecule has 0 radical (unpaired) electrons. The van der Waals surface area contributed by atoms with Gasteiger partial charge in [0.05, 0.1) is 17.4 Å². The highest BCUT2D eigenvalue weighted by molar-refractivity contribution is 7.94. The van der Waals surface area contributed by atoms with Crippen LogP contribution in [0.15, 0.2) is 48.5 Å². The molecule has 31 heavy (non-hydrogen) atoms. The van der Waals surface area contributed by atoms with Crippen molar-refractivity contribution >= 4 is 38.9 Å². The van der Waals surface area contributed by atoms with Crippen molar-refractivity contribution in [1.82, 2.24) is 0 Å². The summed E-state index contributed by atoms with van der Waals surface area (Å²) in [6.45, 7) is 5.98. The van der Waals surface area contributed by atoms with Crippen molar-refractivity contribution in [2.24, 2.45) is 11.8 Å². The highest BCUT2D eigenvalue weighted by atomic mass is 32.2. The van der Waals surface area contributed by atoms with Gasteiger partial charge in [0, 0.05) is 30.0 Å². The Kier molecular flexibility index (Phi) is 5.75. The normalized spacial score (nSPS) is 21.4. The molecule has 0 spiro atoms. The van der Waals surface area contributed by atoms with Gasteiger partial charge in [-0.25, -0.2) is 12.7 Å². The Morgan fingerprint density at radius 3 is 2.06 bits per heavy atom. The molecule has 2 aliphatic rings. The van der Waals surface area contributed by atoms with Gasteiger partial charge in [-0.1, -0.05) is 13.8 Å². The lowest BCUT2D eigenvalue weighted by Crippen LogP contribution is -2.32. The van der Waals surface area contributed by atoms with E-state index < -0.39 is 21.8 Å². The number of benzene rings is 2. The van der Waals surface area contributed by atoms with Gasteiger partial charge in [-0.3, -0.25) is 9.59 Å². The predicted molar refractivity (Wildman–Crippen MR) is 122 cm³/mol. The van der Waals surface area contributed by atoms with Gasteiger partial charge in [-0.2, -0.15) is 0 Å². The Bertz CT molecular complexity index is 1070. The fourth-order valence-corrected chi connectivity index (χ4v) is 5.88. The SMILES string of the molecule is CC1CCN(c2ccc(NC(=O)c3ccc(N4C(=O)C(C)CS4(=O)=O)cc3)cc2)CC1. The topological polar surface area (TPSA) is 86.8 Å². The molecular formula is C23H27N3O4S. The van der Waals surface area contributed by atoms with Crippen molar-refractivity contribution in [2.75, 3.05) is 33.4 Å². The monoisotopic (exact) mass is 441 g/mol. The van der Waals surface area contributed by atoms with E-state index in [4.69, 9.17) is 0 Å². The van der Waals surface area contributed by atoms with E-state index in [1.807, 2.05) is 24.3 Å². The summed E-state index contributed by atoms with van der Waals surface area (Å²) in [6, 6.07) is 13.8. The minimum Gasteiger partial charge on any atom is -0.372 e. The van der Waals surface area contributed by atoms with E-state index >= 15 is 0 Å². The van der Waals surface area contributed by atoms with Crippen LogP contribution in [-0.2, 0) is 14.8 Å². The van der Waals surface area contributed by atoms with Gasteiger partial charge in [-0.15, -0.1) is 0 Å². The van der Waals surface area contributed by atoms with E-state index in [0.717, 1.165) is 29.0 Å². The molecule has 2 aliphatic heterocycles. The number of nitrogens with zero attached hydrogens (tertiary/aromatic N) is 2. The smallest absolute Gasteiger partial charge is 0.255 e. The molecule has 1 N–H and O–H groups in total. The van der Waals surface area contributed by atoms with Crippen LogP contribution < -0.4 is 14.5 Å². The van der Waals surface area contributed by atoms with Crippen LogP contribution in [0.1, 0.15) is 37.0 Å². The molecule has 8 heteroatoms. The quantitative estimate of drug-likeness (QED) is 0.785. The van der Waals surface area contributed by atoms with Gasteiger partial charge in [0.25, 0.3) is 5.91 Å². The number of rotatable bonds is 4. The Morgan fingerprint density at radius 1 is 0.935 bits per heavy atom. The summed E-state index contributed by atoms with van der Waals surface area (Å²) in [5.74, 6) is -0.728. The maximum Gasteiger partial charge on any atom is 0.255 e. The average molecular weight is 442 g/mol. The largest absolute Gasteiger partial charge is 0.372 e. The summed E-state index contributed by atoms with van der Waals surface area (Å²) in [6.07, 6.45) is 2.38. The molecule has 7 nitrogen and oxygen atoms in total. The van der Waals surface area contributed by atoms with E-state index in [1.165, 1.54) is 37.1 Å². The van der Waals surface area contributed by atoms with Gasteiger partial charge >= 0.3 is 0 Å². The van der Waals surface area contributed by atoms with Crippen molar-refractivity contribution in [3.8, 4) is 0 Å². The fraction of sp³-hybridized carbons (Fsp3) is 0.391. The Balaban J connectivity index is 1.42. The second-order valence-electron chi connectivity index (χ2n) is 8.50. The van der Waals surface area contributed by atoms with Gasteiger partial charge in [0.2, 0.25) is 15.9 Å². The molecule has 4 rings (SSSR count). The summed E-state index contributed by atoms with van der Waals surface area (Å²) >= 11 is 0. The van der Waals surface area contributed by atoms with Crippen LogP contribution in [0.25, 0.3) is 0 Å². The highest BCUT2D eigenvalue weighted by Crippen LogP contribution is 2.29. The van der Waals surface area contributed by atoms with E-state index in [0.29, 0.717) is 11.3 Å². The fourth-order valence-electron chi connectivity index (χ4n) is 4.06. The lowest BCUT2D eigenvalue weighted by molar-refractivity contribution is -0.119. The number of hydrogen-bond acceptors (Lipinski definition) is 5. The van der Waals surface area contributed by atoms with Crippen LogP contribution in [0.5, 0.6) is 0 Å². The molecular weight excluding hydrogens is 414 g/mol. The standard InChI is InChI=1S/C23H27N3O4S/c1-16-11-13-25(14-12-16)20-9-5-19(6-10-20)24-22(27)18-3-7-21(8-4-18)26-23(28)17(2)15-31(26,29)30/h3-10,16-17H,11-15H2,1-2H3,(H,24,27). The number of amides is 2. The summed E-state index contributed by atoms with van der Waals surface area (Å²) in [7, 11) is -3.66. The van der Waals surface area contributed by atoms with Gasteiger partial charge in [0.1, 0.15) is 0 Å². The zero-order valence-electron chi connectivity index (χ0n) is 17.7. The molecule has 0 bridgehead atoms. The molecule has 2 heterocycles. The lowest BCUT2D eigenvalue weighted by atomic mass is 9.99. The zero-order valence-corrected chi connectivity index (χ0v) is 18.6. The minimum absolute atomic E-state index is 0.194. The minimum atomic E-state index is -3.66. The third-order valence-corrected chi connectivity index (χ3v) is 7.87. The molecule has 0 aromatic heterocycles. The number of carbonyl (C=O) groups is 2. The molecule has 2 aromatic carbocycles. The first-order valence-corrected chi connectivity index (χ1v) is 12.2. The number of piperidine rings is 1. The van der Waals surface area contributed by atoms with E-state index in [-0.39, 0.29) is 17.3 Å². The molecule has 2 fully saturated rings. The van der Waals surface area contributed by atoms with Crippen LogP contribution in [0.4, 0.5) is 17.1 Å². The maximum atomic E-state index is 12.6. The summed E-state index contributed by atoms with van der Waals surface area (Å²) in [5.41, 5.74) is 2.48. The second kappa shape index (κ2) is 8.34. The lowest BCUT2D eigenvalue weighted by Gasteiger charge is -2.32. The van der Waals surface area contributed by atoms with Crippen LogP contribution in [0.3, 0.4) is 0 Å². The van der Waals surface area contributed by atoms with E-state index in [1.54, 1.807) is 6.92 Å². The third-order valence-electron chi connectivity index (χ3n) is 6.00. The first kappa shape index (κ1) is 21.4. The first-order valence-electron chi connectivity index (χ1n) is 10.6. The van der Waals surface area contributed by atoms with Crippen molar-refractivity contribution in [3.05, 3.63) is 54.1 Å². The van der Waals surface area contributed by atoms with Gasteiger partial charge in [-0.05, 0) is 67.3 Å². The van der Waals surface area contributed by atoms with Gasteiger partial charge in [0.15, 0.2) is 0 Å². The Hall–Kier alpha value is -2.87. The zero-order chi connectivity index (χ0) is 22.2. The van der Waals surface area contributed by atoms with Crippen LogP contribution in [-0.4, -0.2) is 39.1 Å². The maximum absolute atomic E-state index is 12.6. The molecule has 1 unspecified atom stereocenters. The Morgan fingerprint density at radius 2 is 1.52 bits per heavy atom. The van der Waals surface area contributed by atoms with E-state index in [9.17, 15) is 18.0 Å². The van der Waals surface area contributed by atoms with Crippen molar-refractivity contribution < 1.29 is 18.0 Å². The highest BCUT2D eigenvalue weighted by Gasteiger charge is 2.41. The van der Waals surface area contributed by atoms with Crippen molar-refractivity contribution in [2.45, 2.75) is 26.7 Å². The number of hydrogen-bond donors (Lipinski definition) is 1. The molecule has 2 aromatic rings.